The highest BCUT2D eigenvalue weighted by molar-refractivity contribution is 9.10. The maximum Gasteiger partial charge on any atom is 0.137 e. The summed E-state index contributed by atoms with van der Waals surface area (Å²) in [6, 6.07) is 5.80. The molecule has 0 radical (unpaired) electrons. The first kappa shape index (κ1) is 14.5. The minimum absolute atomic E-state index is 0.155. The van der Waals surface area contributed by atoms with Crippen LogP contribution in [0, 0.1) is 23.6 Å². The SMILES string of the molecule is CNC(Cc1cccc(F)c1Br)CC1CC2CCC1C2. The van der Waals surface area contributed by atoms with Gasteiger partial charge in [-0.05, 0) is 84.5 Å². The van der Waals surface area contributed by atoms with Crippen molar-refractivity contribution in [2.45, 2.75) is 44.6 Å². The van der Waals surface area contributed by atoms with Crippen LogP contribution in [0.3, 0.4) is 0 Å². The van der Waals surface area contributed by atoms with Gasteiger partial charge < -0.3 is 5.32 Å². The van der Waals surface area contributed by atoms with Crippen LogP contribution in [0.5, 0.6) is 0 Å². The first-order valence-electron chi connectivity index (χ1n) is 7.77. The quantitative estimate of drug-likeness (QED) is 0.829. The van der Waals surface area contributed by atoms with Crippen LogP contribution in [-0.2, 0) is 6.42 Å². The fourth-order valence-corrected chi connectivity index (χ4v) is 4.73. The molecule has 110 valence electrons. The van der Waals surface area contributed by atoms with E-state index in [4.69, 9.17) is 0 Å². The molecule has 0 aromatic heterocycles. The molecule has 1 aromatic carbocycles. The van der Waals surface area contributed by atoms with E-state index in [0.29, 0.717) is 10.5 Å². The first-order valence-corrected chi connectivity index (χ1v) is 8.56. The molecule has 0 amide bonds. The zero-order chi connectivity index (χ0) is 14.1. The molecule has 2 bridgehead atoms. The molecule has 0 aliphatic heterocycles. The average molecular weight is 340 g/mol. The van der Waals surface area contributed by atoms with Gasteiger partial charge in [0.05, 0.1) is 4.47 Å². The summed E-state index contributed by atoms with van der Waals surface area (Å²) in [5.41, 5.74) is 1.08. The zero-order valence-corrected chi connectivity index (χ0v) is 13.6. The second kappa shape index (κ2) is 6.15. The molecule has 2 saturated carbocycles. The van der Waals surface area contributed by atoms with E-state index in [1.165, 1.54) is 38.2 Å². The maximum atomic E-state index is 13.6. The molecule has 2 aliphatic rings. The topological polar surface area (TPSA) is 12.0 Å². The molecule has 3 heteroatoms. The van der Waals surface area contributed by atoms with Crippen molar-refractivity contribution in [3.63, 3.8) is 0 Å². The van der Waals surface area contributed by atoms with Crippen LogP contribution in [0.4, 0.5) is 4.39 Å². The minimum atomic E-state index is -0.155. The van der Waals surface area contributed by atoms with Gasteiger partial charge in [-0.3, -0.25) is 0 Å². The molecule has 0 spiro atoms. The number of hydrogen-bond acceptors (Lipinski definition) is 1. The number of likely N-dealkylation sites (N-methyl/N-ethyl adjacent to an activating group) is 1. The summed E-state index contributed by atoms with van der Waals surface area (Å²) in [7, 11) is 2.03. The molecule has 4 atom stereocenters. The van der Waals surface area contributed by atoms with Gasteiger partial charge in [0.1, 0.15) is 5.82 Å². The second-order valence-electron chi connectivity index (χ2n) is 6.57. The van der Waals surface area contributed by atoms with Gasteiger partial charge in [-0.25, -0.2) is 4.39 Å². The Kier molecular flexibility index (Phi) is 4.46. The summed E-state index contributed by atoms with van der Waals surface area (Å²) in [6.07, 6.45) is 7.93. The Hall–Kier alpha value is -0.410. The van der Waals surface area contributed by atoms with Crippen LogP contribution in [-0.4, -0.2) is 13.1 Å². The van der Waals surface area contributed by atoms with Crippen molar-refractivity contribution < 1.29 is 4.39 Å². The highest BCUT2D eigenvalue weighted by Crippen LogP contribution is 2.50. The van der Waals surface area contributed by atoms with E-state index in [2.05, 4.69) is 21.2 Å². The van der Waals surface area contributed by atoms with Crippen LogP contribution >= 0.6 is 15.9 Å². The van der Waals surface area contributed by atoms with Crippen molar-refractivity contribution in [1.82, 2.24) is 5.32 Å². The number of halogens is 2. The number of benzene rings is 1. The largest absolute Gasteiger partial charge is 0.317 e. The first-order chi connectivity index (χ1) is 9.67. The Bertz CT molecular complexity index is 476. The van der Waals surface area contributed by atoms with Crippen molar-refractivity contribution in [1.29, 1.82) is 0 Å². The lowest BCUT2D eigenvalue weighted by atomic mass is 9.83. The molecule has 1 aromatic rings. The van der Waals surface area contributed by atoms with Gasteiger partial charge in [-0.1, -0.05) is 18.6 Å². The van der Waals surface area contributed by atoms with Gasteiger partial charge in [-0.15, -0.1) is 0 Å². The lowest BCUT2D eigenvalue weighted by Crippen LogP contribution is -2.31. The van der Waals surface area contributed by atoms with Crippen LogP contribution < -0.4 is 5.32 Å². The zero-order valence-electron chi connectivity index (χ0n) is 12.0. The Morgan fingerprint density at radius 3 is 2.85 bits per heavy atom. The van der Waals surface area contributed by atoms with Gasteiger partial charge in [0.15, 0.2) is 0 Å². The Morgan fingerprint density at radius 1 is 1.35 bits per heavy atom. The Labute approximate surface area is 129 Å². The summed E-state index contributed by atoms with van der Waals surface area (Å²) in [4.78, 5) is 0. The van der Waals surface area contributed by atoms with Crippen LogP contribution in [0.1, 0.15) is 37.7 Å². The third-order valence-electron chi connectivity index (χ3n) is 5.38. The lowest BCUT2D eigenvalue weighted by Gasteiger charge is -2.27. The molecule has 0 heterocycles. The molecule has 0 saturated heterocycles. The van der Waals surface area contributed by atoms with E-state index in [1.54, 1.807) is 6.07 Å². The van der Waals surface area contributed by atoms with E-state index in [0.717, 1.165) is 29.7 Å². The molecule has 3 rings (SSSR count). The molecule has 4 unspecified atom stereocenters. The third-order valence-corrected chi connectivity index (χ3v) is 6.27. The average Bonchev–Trinajstić information content (AvgIpc) is 3.05. The summed E-state index contributed by atoms with van der Waals surface area (Å²) in [5, 5.41) is 3.44. The van der Waals surface area contributed by atoms with E-state index >= 15 is 0 Å². The standard InChI is InChI=1S/C17H23BrFN/c1-20-15(9-13-3-2-4-16(19)17(13)18)10-14-8-11-5-6-12(14)7-11/h2-4,11-12,14-15,20H,5-10H2,1H3. The third kappa shape index (κ3) is 2.94. The van der Waals surface area contributed by atoms with Crippen molar-refractivity contribution in [3.05, 3.63) is 34.1 Å². The van der Waals surface area contributed by atoms with Gasteiger partial charge in [0, 0.05) is 6.04 Å². The number of hydrogen-bond donors (Lipinski definition) is 1. The minimum Gasteiger partial charge on any atom is -0.317 e. The molecule has 1 nitrogen and oxygen atoms in total. The summed E-state index contributed by atoms with van der Waals surface area (Å²) >= 11 is 3.38. The van der Waals surface area contributed by atoms with Crippen molar-refractivity contribution in [3.8, 4) is 0 Å². The van der Waals surface area contributed by atoms with Crippen LogP contribution in [0.2, 0.25) is 0 Å². The molecular formula is C17H23BrFN. The summed E-state index contributed by atoms with van der Waals surface area (Å²) < 4.78 is 14.2. The van der Waals surface area contributed by atoms with E-state index in [-0.39, 0.29) is 5.82 Å². The van der Waals surface area contributed by atoms with Gasteiger partial charge in [-0.2, -0.15) is 0 Å². The van der Waals surface area contributed by atoms with E-state index < -0.39 is 0 Å². The van der Waals surface area contributed by atoms with Crippen LogP contribution in [0.25, 0.3) is 0 Å². The predicted molar refractivity (Wildman–Crippen MR) is 84.2 cm³/mol. The number of fused-ring (bicyclic) bond motifs is 2. The predicted octanol–water partition coefficient (Wildman–Crippen LogP) is 4.55. The monoisotopic (exact) mass is 339 g/mol. The van der Waals surface area contributed by atoms with Crippen molar-refractivity contribution >= 4 is 15.9 Å². The summed E-state index contributed by atoms with van der Waals surface area (Å²) in [5.74, 6) is 2.70. The molecule has 1 N–H and O–H groups in total. The highest BCUT2D eigenvalue weighted by atomic mass is 79.9. The van der Waals surface area contributed by atoms with Crippen molar-refractivity contribution in [2.24, 2.45) is 17.8 Å². The smallest absolute Gasteiger partial charge is 0.137 e. The van der Waals surface area contributed by atoms with Gasteiger partial charge in [0.25, 0.3) is 0 Å². The fourth-order valence-electron chi connectivity index (χ4n) is 4.31. The maximum absolute atomic E-state index is 13.6. The lowest BCUT2D eigenvalue weighted by molar-refractivity contribution is 0.281. The van der Waals surface area contributed by atoms with Crippen molar-refractivity contribution in [2.75, 3.05) is 7.05 Å². The second-order valence-corrected chi connectivity index (χ2v) is 7.37. The summed E-state index contributed by atoms with van der Waals surface area (Å²) in [6.45, 7) is 0. The van der Waals surface area contributed by atoms with E-state index in [1.807, 2.05) is 13.1 Å². The Morgan fingerprint density at radius 2 is 2.20 bits per heavy atom. The number of rotatable bonds is 5. The molecule has 2 fully saturated rings. The molecule has 20 heavy (non-hydrogen) atoms. The fraction of sp³-hybridized carbons (Fsp3) is 0.647. The molecule has 2 aliphatic carbocycles. The van der Waals surface area contributed by atoms with Gasteiger partial charge >= 0.3 is 0 Å². The highest BCUT2D eigenvalue weighted by Gasteiger charge is 2.39. The number of nitrogens with one attached hydrogen (secondary N) is 1. The molecular weight excluding hydrogens is 317 g/mol. The van der Waals surface area contributed by atoms with Crippen LogP contribution in [0.15, 0.2) is 22.7 Å². The van der Waals surface area contributed by atoms with E-state index in [9.17, 15) is 4.39 Å². The normalized spacial score (nSPS) is 29.9. The Balaban J connectivity index is 1.63. The van der Waals surface area contributed by atoms with Gasteiger partial charge in [0.2, 0.25) is 0 Å².